The van der Waals surface area contributed by atoms with Crippen LogP contribution >= 0.6 is 0 Å². The maximum atomic E-state index is 13.8. The molecule has 2 fully saturated rings. The molecule has 6 heteroatoms. The number of nitrogens with one attached hydrogen (secondary N) is 1. The Hall–Kier alpha value is -2.21. The molecule has 1 aromatic carbocycles. The standard InChI is InChI=1S/C17H19FN4O/c18-16-4-2-1-3-15(16)13-8-19-22(10-13)17(23)20-14-7-12-5-6-21(9-12)11-14/h1-4,8,10,12,14H,5-7,9,11H2,(H,20,23). The second-order valence-electron chi connectivity index (χ2n) is 6.45. The summed E-state index contributed by atoms with van der Waals surface area (Å²) in [6.07, 6.45) is 5.35. The van der Waals surface area contributed by atoms with Crippen LogP contribution in [0.1, 0.15) is 12.8 Å². The summed E-state index contributed by atoms with van der Waals surface area (Å²) in [5.41, 5.74) is 1.05. The van der Waals surface area contributed by atoms with Gasteiger partial charge >= 0.3 is 6.03 Å². The molecule has 2 saturated heterocycles. The molecular formula is C17H19FN4O. The largest absolute Gasteiger partial charge is 0.342 e. The van der Waals surface area contributed by atoms with Crippen molar-refractivity contribution < 1.29 is 9.18 Å². The first kappa shape index (κ1) is 14.4. The normalized spacial score (nSPS) is 26.2. The number of hydrogen-bond acceptors (Lipinski definition) is 3. The molecule has 23 heavy (non-hydrogen) atoms. The summed E-state index contributed by atoms with van der Waals surface area (Å²) in [7, 11) is 0. The lowest BCUT2D eigenvalue weighted by Gasteiger charge is -2.30. The number of carbonyl (C=O) groups is 1. The van der Waals surface area contributed by atoms with Gasteiger partial charge in [0, 0.05) is 36.5 Å². The minimum atomic E-state index is -0.316. The fraction of sp³-hybridized carbons (Fsp3) is 0.412. The molecule has 2 aliphatic heterocycles. The molecule has 4 rings (SSSR count). The van der Waals surface area contributed by atoms with Crippen LogP contribution in [0.15, 0.2) is 36.7 Å². The van der Waals surface area contributed by atoms with E-state index in [0.717, 1.165) is 26.1 Å². The van der Waals surface area contributed by atoms with E-state index in [1.54, 1.807) is 24.4 Å². The van der Waals surface area contributed by atoms with Crippen molar-refractivity contribution >= 4 is 6.03 Å². The van der Waals surface area contributed by atoms with E-state index in [2.05, 4.69) is 15.3 Å². The van der Waals surface area contributed by atoms with Gasteiger partial charge in [-0.1, -0.05) is 18.2 Å². The third kappa shape index (κ3) is 2.86. The van der Waals surface area contributed by atoms with Crippen LogP contribution in [-0.2, 0) is 0 Å². The molecule has 3 heterocycles. The highest BCUT2D eigenvalue weighted by Gasteiger charge is 2.33. The first-order valence-electron chi connectivity index (χ1n) is 8.02. The Bertz CT molecular complexity index is 717. The van der Waals surface area contributed by atoms with E-state index in [4.69, 9.17) is 0 Å². The van der Waals surface area contributed by atoms with Gasteiger partial charge in [-0.3, -0.25) is 0 Å². The molecule has 0 aliphatic carbocycles. The average Bonchev–Trinajstić information content (AvgIpc) is 3.15. The maximum absolute atomic E-state index is 13.8. The number of carbonyl (C=O) groups excluding carboxylic acids is 1. The average molecular weight is 314 g/mol. The molecule has 0 saturated carbocycles. The van der Waals surface area contributed by atoms with E-state index in [1.165, 1.54) is 23.4 Å². The minimum absolute atomic E-state index is 0.171. The lowest BCUT2D eigenvalue weighted by atomic mass is 9.97. The highest BCUT2D eigenvalue weighted by molar-refractivity contribution is 5.77. The minimum Gasteiger partial charge on any atom is -0.332 e. The molecule has 5 nitrogen and oxygen atoms in total. The van der Waals surface area contributed by atoms with Crippen LogP contribution in [0.3, 0.4) is 0 Å². The number of aromatic nitrogens is 2. The lowest BCUT2D eigenvalue weighted by molar-refractivity contribution is 0.204. The quantitative estimate of drug-likeness (QED) is 0.925. The third-order valence-electron chi connectivity index (χ3n) is 4.77. The van der Waals surface area contributed by atoms with Gasteiger partial charge in [0.25, 0.3) is 0 Å². The Morgan fingerprint density at radius 2 is 2.17 bits per heavy atom. The van der Waals surface area contributed by atoms with Crippen molar-refractivity contribution in [2.45, 2.75) is 18.9 Å². The van der Waals surface area contributed by atoms with Crippen LogP contribution in [0, 0.1) is 11.7 Å². The highest BCUT2D eigenvalue weighted by atomic mass is 19.1. The van der Waals surface area contributed by atoms with Gasteiger partial charge < -0.3 is 10.2 Å². The van der Waals surface area contributed by atoms with Crippen molar-refractivity contribution in [1.82, 2.24) is 20.0 Å². The fourth-order valence-corrected chi connectivity index (χ4v) is 3.67. The Kier molecular flexibility index (Phi) is 3.61. The number of nitrogens with zero attached hydrogens (tertiary/aromatic N) is 3. The second-order valence-corrected chi connectivity index (χ2v) is 6.45. The van der Waals surface area contributed by atoms with Crippen LogP contribution in [0.4, 0.5) is 9.18 Å². The number of halogens is 1. The van der Waals surface area contributed by atoms with Crippen molar-refractivity contribution in [2.24, 2.45) is 5.92 Å². The van der Waals surface area contributed by atoms with Crippen molar-refractivity contribution in [2.75, 3.05) is 19.6 Å². The van der Waals surface area contributed by atoms with E-state index in [1.807, 2.05) is 0 Å². The summed E-state index contributed by atoms with van der Waals surface area (Å²) in [5.74, 6) is 0.379. The zero-order valence-corrected chi connectivity index (χ0v) is 12.8. The molecule has 0 spiro atoms. The first-order valence-corrected chi connectivity index (χ1v) is 8.02. The lowest BCUT2D eigenvalue weighted by Crippen LogP contribution is -2.48. The summed E-state index contributed by atoms with van der Waals surface area (Å²) in [6.45, 7) is 3.20. The Balaban J connectivity index is 1.46. The molecule has 2 aliphatic rings. The molecule has 2 bridgehead atoms. The van der Waals surface area contributed by atoms with Crippen LogP contribution in [-0.4, -0.2) is 46.4 Å². The van der Waals surface area contributed by atoms with E-state index in [-0.39, 0.29) is 17.9 Å². The van der Waals surface area contributed by atoms with Gasteiger partial charge in [0.2, 0.25) is 0 Å². The zero-order chi connectivity index (χ0) is 15.8. The van der Waals surface area contributed by atoms with Crippen molar-refractivity contribution in [1.29, 1.82) is 0 Å². The van der Waals surface area contributed by atoms with Crippen LogP contribution in [0.5, 0.6) is 0 Å². The summed E-state index contributed by atoms with van der Waals surface area (Å²) < 4.78 is 15.1. The number of hydrogen-bond donors (Lipinski definition) is 1. The maximum Gasteiger partial charge on any atom is 0.342 e. The van der Waals surface area contributed by atoms with E-state index in [9.17, 15) is 9.18 Å². The molecule has 3 unspecified atom stereocenters. The Morgan fingerprint density at radius 3 is 3.00 bits per heavy atom. The van der Waals surface area contributed by atoms with Gasteiger partial charge in [0.15, 0.2) is 0 Å². The number of rotatable bonds is 2. The first-order chi connectivity index (χ1) is 11.2. The summed E-state index contributed by atoms with van der Waals surface area (Å²) in [6, 6.07) is 6.41. The molecule has 1 amide bonds. The van der Waals surface area contributed by atoms with Crippen LogP contribution in [0.2, 0.25) is 0 Å². The summed E-state index contributed by atoms with van der Waals surface area (Å²) >= 11 is 0. The van der Waals surface area contributed by atoms with Crippen molar-refractivity contribution in [3.8, 4) is 11.1 Å². The SMILES string of the molecule is O=C(NC1CC2CCN(C2)C1)n1cc(-c2ccccc2F)cn1. The Morgan fingerprint density at radius 1 is 1.30 bits per heavy atom. The van der Waals surface area contributed by atoms with E-state index < -0.39 is 0 Å². The zero-order valence-electron chi connectivity index (χ0n) is 12.8. The smallest absolute Gasteiger partial charge is 0.332 e. The van der Waals surface area contributed by atoms with E-state index in [0.29, 0.717) is 17.0 Å². The highest BCUT2D eigenvalue weighted by Crippen LogP contribution is 2.27. The van der Waals surface area contributed by atoms with Crippen LogP contribution in [0.25, 0.3) is 11.1 Å². The van der Waals surface area contributed by atoms with Gasteiger partial charge in [0.05, 0.1) is 6.20 Å². The number of amides is 1. The molecule has 1 N–H and O–H groups in total. The topological polar surface area (TPSA) is 50.2 Å². The van der Waals surface area contributed by atoms with Gasteiger partial charge in [-0.25, -0.2) is 9.18 Å². The second kappa shape index (κ2) is 5.77. The molecule has 120 valence electrons. The number of piperidine rings is 1. The molecular weight excluding hydrogens is 295 g/mol. The third-order valence-corrected chi connectivity index (χ3v) is 4.77. The summed E-state index contributed by atoms with van der Waals surface area (Å²) in [5, 5.41) is 7.12. The van der Waals surface area contributed by atoms with E-state index >= 15 is 0 Å². The predicted molar refractivity (Wildman–Crippen MR) is 84.5 cm³/mol. The molecule has 3 atom stereocenters. The summed E-state index contributed by atoms with van der Waals surface area (Å²) in [4.78, 5) is 14.7. The van der Waals surface area contributed by atoms with Gasteiger partial charge in [-0.15, -0.1) is 0 Å². The van der Waals surface area contributed by atoms with Gasteiger partial charge in [-0.2, -0.15) is 9.78 Å². The fourth-order valence-electron chi connectivity index (χ4n) is 3.67. The molecule has 1 aromatic heterocycles. The van der Waals surface area contributed by atoms with Gasteiger partial charge in [-0.05, 0) is 31.4 Å². The monoisotopic (exact) mass is 314 g/mol. The number of benzene rings is 1. The molecule has 2 aromatic rings. The van der Waals surface area contributed by atoms with Crippen molar-refractivity contribution in [3.63, 3.8) is 0 Å². The van der Waals surface area contributed by atoms with Crippen molar-refractivity contribution in [3.05, 3.63) is 42.5 Å². The Labute approximate surface area is 134 Å². The number of fused-ring (bicyclic) bond motifs is 2. The van der Waals surface area contributed by atoms with Crippen LogP contribution < -0.4 is 5.32 Å². The predicted octanol–water partition coefficient (Wildman–Crippen LogP) is 2.34. The van der Waals surface area contributed by atoms with Gasteiger partial charge in [0.1, 0.15) is 5.82 Å². The molecule has 0 radical (unpaired) electrons.